The van der Waals surface area contributed by atoms with Crippen LogP contribution in [0.1, 0.15) is 20.3 Å². The van der Waals surface area contributed by atoms with Gasteiger partial charge in [-0.3, -0.25) is 4.79 Å². The molecule has 6 nitrogen and oxygen atoms in total. The van der Waals surface area contributed by atoms with E-state index in [9.17, 15) is 9.59 Å². The molecule has 17 heavy (non-hydrogen) atoms. The molecule has 0 bridgehead atoms. The van der Waals surface area contributed by atoms with Gasteiger partial charge >= 0.3 is 5.97 Å². The minimum Gasteiger partial charge on any atom is -0.480 e. The zero-order valence-corrected chi connectivity index (χ0v) is 10.6. The molecule has 0 spiro atoms. The number of methoxy groups -OCH3 is 1. The number of carbonyl (C=O) groups excluding carboxylic acids is 1. The topological polar surface area (TPSA) is 84.9 Å². The van der Waals surface area contributed by atoms with Crippen LogP contribution >= 0.6 is 0 Å². The van der Waals surface area contributed by atoms with E-state index in [-0.39, 0.29) is 24.9 Å². The highest BCUT2D eigenvalue weighted by atomic mass is 16.5. The first-order valence-electron chi connectivity index (χ1n) is 5.58. The molecule has 0 saturated carbocycles. The van der Waals surface area contributed by atoms with Gasteiger partial charge in [0.25, 0.3) is 0 Å². The second-order valence-corrected chi connectivity index (χ2v) is 3.98. The van der Waals surface area contributed by atoms with Crippen LogP contribution in [-0.4, -0.2) is 50.0 Å². The van der Waals surface area contributed by atoms with Gasteiger partial charge in [0.2, 0.25) is 5.91 Å². The minimum atomic E-state index is -1.02. The molecule has 100 valence electrons. The van der Waals surface area contributed by atoms with Gasteiger partial charge in [-0.2, -0.15) is 0 Å². The molecule has 0 radical (unpaired) electrons. The summed E-state index contributed by atoms with van der Waals surface area (Å²) in [5, 5.41) is 11.3. The molecular formula is C11H21NO5. The SMILES string of the molecule is COCCOCCC(=O)N[C@H](C(=O)O)C(C)C. The number of carboxylic acid groups (broad SMARTS) is 1. The van der Waals surface area contributed by atoms with E-state index in [1.165, 1.54) is 0 Å². The second kappa shape index (κ2) is 8.95. The van der Waals surface area contributed by atoms with Gasteiger partial charge in [-0.25, -0.2) is 4.79 Å². The third-order valence-electron chi connectivity index (χ3n) is 2.15. The Morgan fingerprint density at radius 1 is 1.24 bits per heavy atom. The van der Waals surface area contributed by atoms with Gasteiger partial charge in [-0.1, -0.05) is 13.8 Å². The smallest absolute Gasteiger partial charge is 0.326 e. The molecule has 0 rings (SSSR count). The number of ether oxygens (including phenoxy) is 2. The van der Waals surface area contributed by atoms with Crippen molar-refractivity contribution in [2.45, 2.75) is 26.3 Å². The van der Waals surface area contributed by atoms with E-state index < -0.39 is 12.0 Å². The van der Waals surface area contributed by atoms with Crippen LogP contribution in [0, 0.1) is 5.92 Å². The van der Waals surface area contributed by atoms with Crippen molar-refractivity contribution < 1.29 is 24.2 Å². The number of amides is 1. The first kappa shape index (κ1) is 15.9. The van der Waals surface area contributed by atoms with Gasteiger partial charge in [0.05, 0.1) is 19.8 Å². The van der Waals surface area contributed by atoms with Crippen LogP contribution in [0.5, 0.6) is 0 Å². The maximum absolute atomic E-state index is 11.4. The number of hydrogen-bond acceptors (Lipinski definition) is 4. The van der Waals surface area contributed by atoms with Crippen molar-refractivity contribution in [1.82, 2.24) is 5.32 Å². The van der Waals surface area contributed by atoms with Gasteiger partial charge in [-0.15, -0.1) is 0 Å². The molecule has 0 aromatic carbocycles. The van der Waals surface area contributed by atoms with Gasteiger partial charge in [0, 0.05) is 13.5 Å². The zero-order valence-electron chi connectivity index (χ0n) is 10.6. The number of aliphatic carboxylic acids is 1. The van der Waals surface area contributed by atoms with E-state index in [0.29, 0.717) is 13.2 Å². The van der Waals surface area contributed by atoms with Crippen LogP contribution in [0.25, 0.3) is 0 Å². The highest BCUT2D eigenvalue weighted by Crippen LogP contribution is 2.02. The third kappa shape index (κ3) is 7.70. The summed E-state index contributed by atoms with van der Waals surface area (Å²) in [5.41, 5.74) is 0. The Morgan fingerprint density at radius 2 is 1.88 bits per heavy atom. The molecule has 0 aliphatic heterocycles. The first-order chi connectivity index (χ1) is 7.99. The predicted molar refractivity (Wildman–Crippen MR) is 61.7 cm³/mol. The quantitative estimate of drug-likeness (QED) is 0.571. The van der Waals surface area contributed by atoms with E-state index in [2.05, 4.69) is 5.32 Å². The molecule has 0 aliphatic rings. The highest BCUT2D eigenvalue weighted by Gasteiger charge is 2.22. The van der Waals surface area contributed by atoms with Crippen molar-refractivity contribution in [3.8, 4) is 0 Å². The van der Waals surface area contributed by atoms with E-state index in [0.717, 1.165) is 0 Å². The minimum absolute atomic E-state index is 0.147. The monoisotopic (exact) mass is 247 g/mol. The first-order valence-corrected chi connectivity index (χ1v) is 5.58. The Bertz CT molecular complexity index is 242. The van der Waals surface area contributed by atoms with Crippen LogP contribution in [0.4, 0.5) is 0 Å². The van der Waals surface area contributed by atoms with Crippen LogP contribution in [0.3, 0.4) is 0 Å². The molecule has 0 aromatic heterocycles. The summed E-state index contributed by atoms with van der Waals surface area (Å²) in [6, 6.07) is -0.846. The Labute approximate surface area is 101 Å². The standard InChI is InChI=1S/C11H21NO5/c1-8(2)10(11(14)15)12-9(13)4-5-17-7-6-16-3/h8,10H,4-7H2,1-3H3,(H,12,13)(H,14,15)/t10-/m0/s1. The third-order valence-corrected chi connectivity index (χ3v) is 2.15. The summed E-state index contributed by atoms with van der Waals surface area (Å²) < 4.78 is 9.89. The summed E-state index contributed by atoms with van der Waals surface area (Å²) in [6.45, 7) is 4.66. The highest BCUT2D eigenvalue weighted by molar-refractivity contribution is 5.83. The van der Waals surface area contributed by atoms with Crippen LogP contribution in [-0.2, 0) is 19.1 Å². The van der Waals surface area contributed by atoms with E-state index in [4.69, 9.17) is 14.6 Å². The fourth-order valence-electron chi connectivity index (χ4n) is 1.17. The Kier molecular flexibility index (Phi) is 8.35. The Balaban J connectivity index is 3.80. The Hall–Kier alpha value is -1.14. The lowest BCUT2D eigenvalue weighted by Crippen LogP contribution is -2.44. The molecule has 6 heteroatoms. The summed E-state index contributed by atoms with van der Waals surface area (Å²) in [6.07, 6.45) is 0.153. The van der Waals surface area contributed by atoms with Crippen LogP contribution in [0.15, 0.2) is 0 Å². The van der Waals surface area contributed by atoms with Crippen molar-refractivity contribution in [1.29, 1.82) is 0 Å². The van der Waals surface area contributed by atoms with Gasteiger partial charge in [-0.05, 0) is 5.92 Å². The molecule has 1 atom stereocenters. The second-order valence-electron chi connectivity index (χ2n) is 3.98. The van der Waals surface area contributed by atoms with Gasteiger partial charge in [0.15, 0.2) is 0 Å². The number of hydrogen-bond donors (Lipinski definition) is 2. The van der Waals surface area contributed by atoms with Crippen LogP contribution < -0.4 is 5.32 Å². The molecule has 1 amide bonds. The predicted octanol–water partition coefficient (Wildman–Crippen LogP) is 0.265. The molecule has 0 aromatic rings. The van der Waals surface area contributed by atoms with Crippen molar-refractivity contribution in [3.63, 3.8) is 0 Å². The van der Waals surface area contributed by atoms with Gasteiger partial charge in [0.1, 0.15) is 6.04 Å². The number of carbonyl (C=O) groups is 2. The fourth-order valence-corrected chi connectivity index (χ4v) is 1.17. The fraction of sp³-hybridized carbons (Fsp3) is 0.818. The summed E-state index contributed by atoms with van der Waals surface area (Å²) >= 11 is 0. The molecule has 0 aliphatic carbocycles. The largest absolute Gasteiger partial charge is 0.480 e. The van der Waals surface area contributed by atoms with E-state index in [1.807, 2.05) is 0 Å². The zero-order chi connectivity index (χ0) is 13.3. The number of carboxylic acids is 1. The summed E-state index contributed by atoms with van der Waals surface area (Å²) in [5.74, 6) is -1.48. The molecule has 0 fully saturated rings. The van der Waals surface area contributed by atoms with E-state index >= 15 is 0 Å². The normalized spacial score (nSPS) is 12.5. The number of nitrogens with one attached hydrogen (secondary N) is 1. The summed E-state index contributed by atoms with van der Waals surface area (Å²) in [4.78, 5) is 22.2. The lowest BCUT2D eigenvalue weighted by atomic mass is 10.0. The van der Waals surface area contributed by atoms with Crippen molar-refractivity contribution >= 4 is 11.9 Å². The average Bonchev–Trinajstić information content (AvgIpc) is 2.24. The Morgan fingerprint density at radius 3 is 2.35 bits per heavy atom. The van der Waals surface area contributed by atoms with Gasteiger partial charge < -0.3 is 19.9 Å². The molecular weight excluding hydrogens is 226 g/mol. The summed E-state index contributed by atoms with van der Waals surface area (Å²) in [7, 11) is 1.57. The molecule has 2 N–H and O–H groups in total. The molecule has 0 unspecified atom stereocenters. The lowest BCUT2D eigenvalue weighted by Gasteiger charge is -2.17. The van der Waals surface area contributed by atoms with Crippen molar-refractivity contribution in [2.24, 2.45) is 5.92 Å². The lowest BCUT2D eigenvalue weighted by molar-refractivity contribution is -0.143. The van der Waals surface area contributed by atoms with Crippen molar-refractivity contribution in [3.05, 3.63) is 0 Å². The molecule has 0 saturated heterocycles. The average molecular weight is 247 g/mol. The van der Waals surface area contributed by atoms with E-state index in [1.54, 1.807) is 21.0 Å². The van der Waals surface area contributed by atoms with Crippen molar-refractivity contribution in [2.75, 3.05) is 26.9 Å². The maximum atomic E-state index is 11.4. The molecule has 0 heterocycles. The number of rotatable bonds is 9. The van der Waals surface area contributed by atoms with Crippen LogP contribution in [0.2, 0.25) is 0 Å². The maximum Gasteiger partial charge on any atom is 0.326 e.